The van der Waals surface area contributed by atoms with Gasteiger partial charge in [-0.25, -0.2) is 5.11 Å². The lowest BCUT2D eigenvalue weighted by molar-refractivity contribution is 0.189. The van der Waals surface area contributed by atoms with Crippen LogP contribution in [0.2, 0.25) is 0 Å². The summed E-state index contributed by atoms with van der Waals surface area (Å²) in [5, 5.41) is 10.4. The lowest BCUT2D eigenvalue weighted by Gasteiger charge is -2.09. The lowest BCUT2D eigenvalue weighted by atomic mass is 10.1. The van der Waals surface area contributed by atoms with Crippen LogP contribution in [0, 0.1) is 0 Å². The predicted molar refractivity (Wildman–Crippen MR) is 56.1 cm³/mol. The van der Waals surface area contributed by atoms with E-state index in [0.717, 1.165) is 30.8 Å². The summed E-state index contributed by atoms with van der Waals surface area (Å²) in [6, 6.07) is 7.95. The molecule has 0 amide bonds. The van der Waals surface area contributed by atoms with Crippen molar-refractivity contribution in [2.45, 2.75) is 26.2 Å². The first kappa shape index (κ1) is 11.1. The van der Waals surface area contributed by atoms with Gasteiger partial charge in [-0.3, -0.25) is 0 Å². The van der Waals surface area contributed by atoms with Crippen LogP contribution in [0.15, 0.2) is 24.3 Å². The molecule has 0 unspecified atom stereocenters. The van der Waals surface area contributed by atoms with E-state index in [-0.39, 0.29) is 6.61 Å². The van der Waals surface area contributed by atoms with Gasteiger partial charge in [0.15, 0.2) is 0 Å². The first-order valence-electron chi connectivity index (χ1n) is 5.17. The van der Waals surface area contributed by atoms with Crippen LogP contribution in [0.3, 0.4) is 0 Å². The quantitative estimate of drug-likeness (QED) is 0.683. The predicted octanol–water partition coefficient (Wildman–Crippen LogP) is 2.84. The van der Waals surface area contributed by atoms with E-state index in [1.54, 1.807) is 0 Å². The van der Waals surface area contributed by atoms with Crippen molar-refractivity contribution in [2.24, 2.45) is 0 Å². The van der Waals surface area contributed by atoms with Gasteiger partial charge in [-0.15, -0.1) is 0 Å². The average Bonchev–Trinajstić information content (AvgIpc) is 2.24. The number of ether oxygens (including phenoxy) is 1. The maximum absolute atomic E-state index is 10.4. The Labute approximate surface area is 85.5 Å². The average molecular weight is 193 g/mol. The highest BCUT2D eigenvalue weighted by atomic mass is 16.5. The second-order valence-electron chi connectivity index (χ2n) is 3.26. The maximum atomic E-state index is 10.4. The van der Waals surface area contributed by atoms with Gasteiger partial charge in [0.05, 0.1) is 13.2 Å². The first-order valence-corrected chi connectivity index (χ1v) is 5.17. The Morgan fingerprint density at radius 1 is 1.29 bits per heavy atom. The SMILES string of the molecule is CCCOc1ccccc1CCC[O]. The van der Waals surface area contributed by atoms with Gasteiger partial charge in [0.25, 0.3) is 0 Å². The zero-order valence-corrected chi connectivity index (χ0v) is 8.66. The third-order valence-corrected chi connectivity index (χ3v) is 2.02. The number of hydrogen-bond donors (Lipinski definition) is 0. The highest BCUT2D eigenvalue weighted by Gasteiger charge is 2.01. The van der Waals surface area contributed by atoms with Crippen LogP contribution in [0.5, 0.6) is 5.75 Å². The summed E-state index contributed by atoms with van der Waals surface area (Å²) < 4.78 is 5.58. The van der Waals surface area contributed by atoms with E-state index >= 15 is 0 Å². The van der Waals surface area contributed by atoms with Crippen molar-refractivity contribution < 1.29 is 9.84 Å². The Kier molecular flexibility index (Phi) is 5.08. The van der Waals surface area contributed by atoms with Gasteiger partial charge < -0.3 is 4.74 Å². The van der Waals surface area contributed by atoms with Crippen LogP contribution in [0.4, 0.5) is 0 Å². The molecular weight excluding hydrogens is 176 g/mol. The summed E-state index contributed by atoms with van der Waals surface area (Å²) in [5.41, 5.74) is 1.15. The van der Waals surface area contributed by atoms with Crippen molar-refractivity contribution >= 4 is 0 Å². The summed E-state index contributed by atoms with van der Waals surface area (Å²) >= 11 is 0. The molecule has 1 rings (SSSR count). The van der Waals surface area contributed by atoms with E-state index in [2.05, 4.69) is 6.92 Å². The Hall–Kier alpha value is -1.02. The molecule has 0 aliphatic heterocycles. The van der Waals surface area contributed by atoms with E-state index in [1.165, 1.54) is 0 Å². The van der Waals surface area contributed by atoms with Gasteiger partial charge in [-0.05, 0) is 30.9 Å². The molecule has 1 aromatic rings. The molecule has 2 heteroatoms. The molecule has 0 saturated heterocycles. The Bertz CT molecular complexity index is 231. The minimum absolute atomic E-state index is 0.0118. The molecule has 0 saturated carbocycles. The number of para-hydroxylation sites is 1. The van der Waals surface area contributed by atoms with Crippen LogP contribution in [-0.4, -0.2) is 13.2 Å². The summed E-state index contributed by atoms with van der Waals surface area (Å²) in [7, 11) is 0. The Balaban J connectivity index is 2.60. The number of hydrogen-bond acceptors (Lipinski definition) is 1. The fourth-order valence-corrected chi connectivity index (χ4v) is 1.33. The smallest absolute Gasteiger partial charge is 0.122 e. The fourth-order valence-electron chi connectivity index (χ4n) is 1.33. The molecule has 14 heavy (non-hydrogen) atoms. The maximum Gasteiger partial charge on any atom is 0.122 e. The highest BCUT2D eigenvalue weighted by Crippen LogP contribution is 2.19. The number of rotatable bonds is 6. The van der Waals surface area contributed by atoms with Crippen molar-refractivity contribution in [3.63, 3.8) is 0 Å². The van der Waals surface area contributed by atoms with Crippen LogP contribution in [0.1, 0.15) is 25.3 Å². The molecular formula is C12H17O2. The topological polar surface area (TPSA) is 29.1 Å². The monoisotopic (exact) mass is 193 g/mol. The fraction of sp³-hybridized carbons (Fsp3) is 0.500. The summed E-state index contributed by atoms with van der Waals surface area (Å²) in [6.45, 7) is 2.82. The van der Waals surface area contributed by atoms with Gasteiger partial charge in [0.1, 0.15) is 5.75 Å². The molecule has 0 N–H and O–H groups in total. The summed E-state index contributed by atoms with van der Waals surface area (Å²) in [6.07, 6.45) is 2.52. The summed E-state index contributed by atoms with van der Waals surface area (Å²) in [5.74, 6) is 0.933. The second kappa shape index (κ2) is 6.44. The van der Waals surface area contributed by atoms with Crippen LogP contribution in [-0.2, 0) is 11.5 Å². The molecule has 1 aromatic carbocycles. The summed E-state index contributed by atoms with van der Waals surface area (Å²) in [4.78, 5) is 0. The zero-order chi connectivity index (χ0) is 10.2. The molecule has 0 spiro atoms. The van der Waals surface area contributed by atoms with Gasteiger partial charge in [0.2, 0.25) is 0 Å². The van der Waals surface area contributed by atoms with E-state index in [1.807, 2.05) is 24.3 Å². The molecule has 0 bridgehead atoms. The molecule has 0 aliphatic carbocycles. The molecule has 77 valence electrons. The van der Waals surface area contributed by atoms with Crippen molar-refractivity contribution in [3.05, 3.63) is 29.8 Å². The standard InChI is InChI=1S/C12H17O2/c1-2-10-14-12-8-4-3-6-11(12)7-5-9-13/h3-4,6,8H,2,5,7,9-10H2,1H3. The van der Waals surface area contributed by atoms with E-state index in [9.17, 15) is 5.11 Å². The van der Waals surface area contributed by atoms with E-state index in [0.29, 0.717) is 6.42 Å². The van der Waals surface area contributed by atoms with Gasteiger partial charge in [0, 0.05) is 0 Å². The molecule has 0 heterocycles. The van der Waals surface area contributed by atoms with Gasteiger partial charge in [-0.1, -0.05) is 25.1 Å². The van der Waals surface area contributed by atoms with Crippen molar-refractivity contribution in [2.75, 3.05) is 13.2 Å². The molecule has 0 fully saturated rings. The Morgan fingerprint density at radius 2 is 2.07 bits per heavy atom. The van der Waals surface area contributed by atoms with Gasteiger partial charge >= 0.3 is 0 Å². The van der Waals surface area contributed by atoms with Crippen LogP contribution < -0.4 is 4.74 Å². The lowest BCUT2D eigenvalue weighted by Crippen LogP contribution is -1.99. The zero-order valence-electron chi connectivity index (χ0n) is 8.66. The largest absolute Gasteiger partial charge is 0.493 e. The van der Waals surface area contributed by atoms with Gasteiger partial charge in [-0.2, -0.15) is 0 Å². The highest BCUT2D eigenvalue weighted by molar-refractivity contribution is 5.33. The van der Waals surface area contributed by atoms with Crippen molar-refractivity contribution in [1.82, 2.24) is 0 Å². The second-order valence-corrected chi connectivity index (χ2v) is 3.26. The third-order valence-electron chi connectivity index (χ3n) is 2.02. The first-order chi connectivity index (χ1) is 6.88. The van der Waals surface area contributed by atoms with Crippen molar-refractivity contribution in [1.29, 1.82) is 0 Å². The number of benzene rings is 1. The molecule has 0 atom stereocenters. The van der Waals surface area contributed by atoms with Crippen molar-refractivity contribution in [3.8, 4) is 5.75 Å². The normalized spacial score (nSPS) is 10.1. The molecule has 2 nitrogen and oxygen atoms in total. The minimum Gasteiger partial charge on any atom is -0.493 e. The third kappa shape index (κ3) is 3.38. The molecule has 1 radical (unpaired) electrons. The molecule has 0 aliphatic rings. The van der Waals surface area contributed by atoms with E-state index in [4.69, 9.17) is 4.74 Å². The molecule has 0 aromatic heterocycles. The van der Waals surface area contributed by atoms with E-state index < -0.39 is 0 Å². The number of aryl methyl sites for hydroxylation is 1. The Morgan fingerprint density at radius 3 is 2.79 bits per heavy atom. The van der Waals surface area contributed by atoms with Crippen LogP contribution >= 0.6 is 0 Å². The minimum atomic E-state index is -0.0118. The van der Waals surface area contributed by atoms with Crippen LogP contribution in [0.25, 0.3) is 0 Å².